The van der Waals surface area contributed by atoms with Crippen LogP contribution in [0.1, 0.15) is 73.6 Å². The van der Waals surface area contributed by atoms with Crippen molar-refractivity contribution in [3.8, 4) is 33.9 Å². The lowest BCUT2D eigenvalue weighted by Gasteiger charge is -2.39. The molecular formula is C48H53N15O5S2. The van der Waals surface area contributed by atoms with E-state index in [1.54, 1.807) is 33.0 Å². The van der Waals surface area contributed by atoms with E-state index >= 15 is 0 Å². The van der Waals surface area contributed by atoms with Crippen molar-refractivity contribution in [1.82, 2.24) is 64.3 Å². The maximum Gasteiger partial charge on any atom is 0.225 e. The molecule has 1 amide bonds. The van der Waals surface area contributed by atoms with Gasteiger partial charge in [-0.2, -0.15) is 30.7 Å². The number of amides is 1. The molecule has 8 heterocycles. The van der Waals surface area contributed by atoms with E-state index in [1.165, 1.54) is 10.6 Å². The van der Waals surface area contributed by atoms with Gasteiger partial charge in [0, 0.05) is 85.1 Å². The van der Waals surface area contributed by atoms with Gasteiger partial charge < -0.3 is 25.2 Å². The first kappa shape index (κ1) is 45.7. The number of hydrogen-bond donors (Lipinski definition) is 3. The van der Waals surface area contributed by atoms with Gasteiger partial charge in [-0.15, -0.1) is 10.2 Å². The number of carbonyl (C=O) groups is 1. The van der Waals surface area contributed by atoms with Crippen LogP contribution in [0.2, 0.25) is 0 Å². The molecule has 2 atom stereocenters. The number of nitrogens with zero attached hydrogens (tertiary/aromatic N) is 13. The summed E-state index contributed by atoms with van der Waals surface area (Å²) >= 11 is 1.64. The fourth-order valence-electron chi connectivity index (χ4n) is 10.4. The van der Waals surface area contributed by atoms with Gasteiger partial charge in [0.1, 0.15) is 16.8 Å². The van der Waals surface area contributed by atoms with Gasteiger partial charge in [-0.25, -0.2) is 22.7 Å². The Morgan fingerprint density at radius 2 is 1.44 bits per heavy atom. The second-order valence-electron chi connectivity index (χ2n) is 18.8. The summed E-state index contributed by atoms with van der Waals surface area (Å²) in [6.07, 6.45) is 6.61. The number of rotatable bonds is 11. The number of sulfonamides is 1. The molecule has 1 saturated carbocycles. The van der Waals surface area contributed by atoms with Crippen LogP contribution >= 0.6 is 11.3 Å². The minimum Gasteiger partial charge on any atom is -0.392 e. The molecule has 2 unspecified atom stereocenters. The lowest BCUT2D eigenvalue weighted by molar-refractivity contribution is -0.139. The standard InChI is InChI=1S/C48H53N15O5S2/c1-27-25-69-26-36(27)33-7-5-9-38-44(33)55-59-63(38)42-23-37(52-48(54-42)51-32-16-21-61(22-17-32)70(4,66)67)35-24-60(20-18-40(35)64)46(65)30-11-13-31(14-12-30)50-47-49-19-15-41(53-47)62-39-10-6-8-34(45(39)56-58-62)43-28(2)57-68-29(43)3/h5-10,15,19,23,25-26,30-32,35,40,64H,11-14,16-18,20-22,24H2,1-4H3,(H,49,50,53)(H,51,52,54). The average Bonchev–Trinajstić information content (AvgIpc) is 4.18. The topological polar surface area (TPSA) is 241 Å². The van der Waals surface area contributed by atoms with Crippen LogP contribution in [0.3, 0.4) is 0 Å². The molecule has 2 aliphatic heterocycles. The summed E-state index contributed by atoms with van der Waals surface area (Å²) in [5.41, 5.74) is 9.36. The highest BCUT2D eigenvalue weighted by molar-refractivity contribution is 7.88. The van der Waals surface area contributed by atoms with Gasteiger partial charge in [0.05, 0.1) is 34.8 Å². The summed E-state index contributed by atoms with van der Waals surface area (Å²) in [5, 5.41) is 45.2. The van der Waals surface area contributed by atoms with Crippen molar-refractivity contribution in [2.75, 3.05) is 43.1 Å². The average molecular weight is 984 g/mol. The Morgan fingerprint density at radius 1 is 0.771 bits per heavy atom. The number of nitrogens with one attached hydrogen (secondary N) is 2. The van der Waals surface area contributed by atoms with Gasteiger partial charge in [0.25, 0.3) is 0 Å². The lowest BCUT2D eigenvalue weighted by Crippen LogP contribution is -2.48. The molecule has 3 fully saturated rings. The number of anilines is 2. The first-order valence-electron chi connectivity index (χ1n) is 23.7. The monoisotopic (exact) mass is 983 g/mol. The highest BCUT2D eigenvalue weighted by atomic mass is 32.2. The molecular weight excluding hydrogens is 931 g/mol. The van der Waals surface area contributed by atoms with Crippen LogP contribution in [0.15, 0.2) is 70.0 Å². The molecule has 22 heteroatoms. The number of piperidine rings is 2. The Labute approximate surface area is 407 Å². The number of fused-ring (bicyclic) bond motifs is 2. The Balaban J connectivity index is 0.793. The zero-order chi connectivity index (χ0) is 48.3. The van der Waals surface area contributed by atoms with Crippen molar-refractivity contribution in [1.29, 1.82) is 0 Å². The van der Waals surface area contributed by atoms with Crippen molar-refractivity contribution in [3.05, 3.63) is 88.2 Å². The van der Waals surface area contributed by atoms with Crippen molar-refractivity contribution >= 4 is 61.2 Å². The van der Waals surface area contributed by atoms with Gasteiger partial charge >= 0.3 is 0 Å². The summed E-state index contributed by atoms with van der Waals surface area (Å²) in [6.45, 7) is 7.36. The molecule has 3 aliphatic rings. The molecule has 6 aromatic heterocycles. The minimum absolute atomic E-state index is 0.0658. The second-order valence-corrected chi connectivity index (χ2v) is 21.5. The highest BCUT2D eigenvalue weighted by Gasteiger charge is 2.37. The molecule has 2 aromatic carbocycles. The van der Waals surface area contributed by atoms with Crippen LogP contribution in [-0.4, -0.2) is 134 Å². The van der Waals surface area contributed by atoms with Crippen molar-refractivity contribution in [3.63, 3.8) is 0 Å². The number of aryl methyl sites for hydroxylation is 3. The van der Waals surface area contributed by atoms with E-state index in [4.69, 9.17) is 19.5 Å². The van der Waals surface area contributed by atoms with E-state index < -0.39 is 22.0 Å². The van der Waals surface area contributed by atoms with Crippen LogP contribution in [0.25, 0.3) is 56.0 Å². The SMILES string of the molecule is Cc1cscc1-c1cccc2c1nnn2-c1cc(C2CN(C(=O)C3CCC(Nc4nccc(-n5nnc6c(-c7c(C)noc7C)cccc65)n4)CC3)CCC2O)nc(NC2CCN(S(C)(=O)=O)CC2)n1. The predicted molar refractivity (Wildman–Crippen MR) is 264 cm³/mol. The molecule has 0 spiro atoms. The summed E-state index contributed by atoms with van der Waals surface area (Å²) in [7, 11) is -3.31. The molecule has 70 heavy (non-hydrogen) atoms. The van der Waals surface area contributed by atoms with Crippen LogP contribution in [0, 0.1) is 26.7 Å². The largest absolute Gasteiger partial charge is 0.392 e. The van der Waals surface area contributed by atoms with Crippen LogP contribution < -0.4 is 10.6 Å². The maximum atomic E-state index is 14.4. The molecule has 1 aliphatic carbocycles. The summed E-state index contributed by atoms with van der Waals surface area (Å²) in [6, 6.07) is 15.5. The summed E-state index contributed by atoms with van der Waals surface area (Å²) in [4.78, 5) is 35.6. The number of aliphatic hydroxyl groups is 1. The van der Waals surface area contributed by atoms with Crippen molar-refractivity contribution < 1.29 is 22.8 Å². The van der Waals surface area contributed by atoms with E-state index in [1.807, 2.05) is 61.2 Å². The molecule has 11 rings (SSSR count). The molecule has 20 nitrogen and oxygen atoms in total. The Hall–Kier alpha value is -6.75. The molecule has 3 N–H and O–H groups in total. The van der Waals surface area contributed by atoms with Gasteiger partial charge in [-0.05, 0) is 99.7 Å². The van der Waals surface area contributed by atoms with Gasteiger partial charge in [-0.3, -0.25) is 4.79 Å². The molecule has 2 saturated heterocycles. The van der Waals surface area contributed by atoms with Crippen molar-refractivity contribution in [2.45, 2.75) is 89.8 Å². The van der Waals surface area contributed by atoms with Gasteiger partial charge in [0.15, 0.2) is 11.6 Å². The van der Waals surface area contributed by atoms with E-state index in [-0.39, 0.29) is 30.5 Å². The summed E-state index contributed by atoms with van der Waals surface area (Å²) < 4.78 is 34.9. The Morgan fingerprint density at radius 3 is 2.13 bits per heavy atom. The second kappa shape index (κ2) is 18.5. The molecule has 8 aromatic rings. The number of thiophene rings is 1. The third-order valence-electron chi connectivity index (χ3n) is 14.1. The molecule has 0 radical (unpaired) electrons. The lowest BCUT2D eigenvalue weighted by atomic mass is 9.84. The van der Waals surface area contributed by atoms with Crippen LogP contribution in [0.5, 0.6) is 0 Å². The zero-order valence-corrected chi connectivity index (χ0v) is 40.9. The fraction of sp³-hybridized carbons (Fsp3) is 0.417. The quantitative estimate of drug-likeness (QED) is 0.130. The normalized spacial score (nSPS) is 20.6. The fourth-order valence-corrected chi connectivity index (χ4v) is 12.1. The predicted octanol–water partition coefficient (Wildman–Crippen LogP) is 6.23. The first-order chi connectivity index (χ1) is 33.9. The Bertz CT molecular complexity index is 3330. The number of aromatic nitrogens is 11. The maximum absolute atomic E-state index is 14.4. The highest BCUT2D eigenvalue weighted by Crippen LogP contribution is 2.36. The number of likely N-dealkylation sites (tertiary alicyclic amines) is 1. The van der Waals surface area contributed by atoms with Gasteiger partial charge in [-0.1, -0.05) is 39.8 Å². The van der Waals surface area contributed by atoms with Crippen LogP contribution in [-0.2, 0) is 14.8 Å². The zero-order valence-electron chi connectivity index (χ0n) is 39.2. The third-order valence-corrected chi connectivity index (χ3v) is 16.3. The third kappa shape index (κ3) is 8.77. The number of carbonyl (C=O) groups excluding carboxylic acids is 1. The van der Waals surface area contributed by atoms with E-state index in [9.17, 15) is 18.3 Å². The van der Waals surface area contributed by atoms with Crippen LogP contribution in [0.4, 0.5) is 11.9 Å². The van der Waals surface area contributed by atoms with Crippen molar-refractivity contribution in [2.24, 2.45) is 5.92 Å². The van der Waals surface area contributed by atoms with E-state index in [0.717, 1.165) is 62.9 Å². The van der Waals surface area contributed by atoms with Gasteiger partial charge in [0.2, 0.25) is 27.8 Å². The Kier molecular flexibility index (Phi) is 12.1. The summed E-state index contributed by atoms with van der Waals surface area (Å²) in [5.74, 6) is 1.96. The number of aliphatic hydroxyl groups excluding tert-OH is 1. The van der Waals surface area contributed by atoms with E-state index in [0.29, 0.717) is 92.2 Å². The first-order valence-corrected chi connectivity index (χ1v) is 26.5. The minimum atomic E-state index is -3.31. The number of hydrogen-bond acceptors (Lipinski definition) is 17. The smallest absolute Gasteiger partial charge is 0.225 e. The molecule has 362 valence electrons. The van der Waals surface area contributed by atoms with E-state index in [2.05, 4.69) is 59.1 Å². The molecule has 0 bridgehead atoms. The number of benzene rings is 2.